The molecule has 2 aromatic rings. The van der Waals surface area contributed by atoms with E-state index in [1.165, 1.54) is 36.9 Å². The van der Waals surface area contributed by atoms with Gasteiger partial charge in [-0.2, -0.15) is 0 Å². The lowest BCUT2D eigenvalue weighted by Crippen LogP contribution is -2.52. The first-order chi connectivity index (χ1) is 15.2. The van der Waals surface area contributed by atoms with Crippen LogP contribution in [0.4, 0.5) is 0 Å². The zero-order valence-electron chi connectivity index (χ0n) is 17.1. The fourth-order valence-electron chi connectivity index (χ4n) is 2.69. The fraction of sp³-hybridized carbons (Fsp3) is 0.250. The standard InChI is InChI=1S/C20H24N4O7S/c1-31-14-7-9-15(10-8-14)32(29,30)12-16(19(26)24-28)23-17(25)11-22-20(27)18(21)13-5-3-2-4-6-13/h2-10,16,18,28H,11-12,21H2,1H3,(H,22,27)(H,23,25)(H,24,26). The van der Waals surface area contributed by atoms with Crippen LogP contribution >= 0.6 is 0 Å². The van der Waals surface area contributed by atoms with Crippen LogP contribution in [0, 0.1) is 0 Å². The van der Waals surface area contributed by atoms with E-state index in [1.807, 2.05) is 0 Å². The van der Waals surface area contributed by atoms with Crippen LogP contribution in [0.2, 0.25) is 0 Å². The Morgan fingerprint density at radius 1 is 1.03 bits per heavy atom. The summed E-state index contributed by atoms with van der Waals surface area (Å²) < 4.78 is 30.2. The van der Waals surface area contributed by atoms with Gasteiger partial charge in [0.05, 0.1) is 24.3 Å². The molecule has 2 unspecified atom stereocenters. The lowest BCUT2D eigenvalue weighted by molar-refractivity contribution is -0.134. The van der Waals surface area contributed by atoms with Gasteiger partial charge in [-0.15, -0.1) is 0 Å². The normalized spacial score (nSPS) is 12.8. The Kier molecular flexibility index (Phi) is 8.70. The summed E-state index contributed by atoms with van der Waals surface area (Å²) in [5, 5.41) is 13.4. The number of hydrogen-bond acceptors (Lipinski definition) is 8. The Morgan fingerprint density at radius 2 is 1.66 bits per heavy atom. The van der Waals surface area contributed by atoms with Crippen LogP contribution in [-0.4, -0.2) is 56.8 Å². The van der Waals surface area contributed by atoms with Gasteiger partial charge in [0.15, 0.2) is 9.84 Å². The van der Waals surface area contributed by atoms with E-state index in [4.69, 9.17) is 15.7 Å². The Balaban J connectivity index is 2.01. The molecule has 0 heterocycles. The van der Waals surface area contributed by atoms with Crippen LogP contribution in [0.3, 0.4) is 0 Å². The molecule has 0 aliphatic carbocycles. The van der Waals surface area contributed by atoms with Gasteiger partial charge in [-0.1, -0.05) is 30.3 Å². The van der Waals surface area contributed by atoms with E-state index in [-0.39, 0.29) is 4.90 Å². The Labute approximate surface area is 184 Å². The highest BCUT2D eigenvalue weighted by molar-refractivity contribution is 7.91. The zero-order chi connectivity index (χ0) is 23.7. The first kappa shape index (κ1) is 24.8. The predicted molar refractivity (Wildman–Crippen MR) is 113 cm³/mol. The third kappa shape index (κ3) is 6.77. The molecule has 0 radical (unpaired) electrons. The number of rotatable bonds is 10. The maximum atomic E-state index is 12.6. The molecule has 32 heavy (non-hydrogen) atoms. The quantitative estimate of drug-likeness (QED) is 0.226. The molecular weight excluding hydrogens is 440 g/mol. The lowest BCUT2D eigenvalue weighted by atomic mass is 10.1. The minimum absolute atomic E-state index is 0.106. The number of nitrogens with two attached hydrogens (primary N) is 1. The van der Waals surface area contributed by atoms with Crippen molar-refractivity contribution in [1.82, 2.24) is 16.1 Å². The molecule has 6 N–H and O–H groups in total. The van der Waals surface area contributed by atoms with E-state index < -0.39 is 51.9 Å². The van der Waals surface area contributed by atoms with Crippen molar-refractivity contribution in [2.75, 3.05) is 19.4 Å². The molecule has 12 heteroatoms. The number of carbonyl (C=O) groups is 3. The van der Waals surface area contributed by atoms with Crippen molar-refractivity contribution in [2.24, 2.45) is 5.73 Å². The van der Waals surface area contributed by atoms with Crippen molar-refractivity contribution in [3.8, 4) is 5.75 Å². The number of carbonyl (C=O) groups excluding carboxylic acids is 3. The van der Waals surface area contributed by atoms with E-state index in [0.29, 0.717) is 11.3 Å². The van der Waals surface area contributed by atoms with E-state index in [2.05, 4.69) is 10.6 Å². The summed E-state index contributed by atoms with van der Waals surface area (Å²) in [7, 11) is -2.59. The number of hydrogen-bond donors (Lipinski definition) is 5. The molecule has 0 saturated heterocycles. The van der Waals surface area contributed by atoms with Gasteiger partial charge in [0.1, 0.15) is 17.8 Å². The topological polar surface area (TPSA) is 177 Å². The smallest absolute Gasteiger partial charge is 0.266 e. The maximum absolute atomic E-state index is 12.6. The Bertz CT molecular complexity index is 1040. The summed E-state index contributed by atoms with van der Waals surface area (Å²) in [4.78, 5) is 36.2. The summed E-state index contributed by atoms with van der Waals surface area (Å²) in [5.74, 6) is -3.01. The number of hydroxylamine groups is 1. The van der Waals surface area contributed by atoms with Crippen LogP contribution in [0.5, 0.6) is 5.75 Å². The van der Waals surface area contributed by atoms with E-state index in [9.17, 15) is 22.8 Å². The molecule has 2 rings (SSSR count). The average molecular weight is 465 g/mol. The number of methoxy groups -OCH3 is 1. The van der Waals surface area contributed by atoms with Crippen molar-refractivity contribution in [1.29, 1.82) is 0 Å². The van der Waals surface area contributed by atoms with Gasteiger partial charge >= 0.3 is 0 Å². The molecule has 0 aliphatic rings. The fourth-order valence-corrected chi connectivity index (χ4v) is 4.11. The summed E-state index contributed by atoms with van der Waals surface area (Å²) >= 11 is 0. The largest absolute Gasteiger partial charge is 0.497 e. The highest BCUT2D eigenvalue weighted by atomic mass is 32.2. The predicted octanol–water partition coefficient (Wildman–Crippen LogP) is -0.725. The van der Waals surface area contributed by atoms with Crippen LogP contribution < -0.4 is 26.6 Å². The minimum Gasteiger partial charge on any atom is -0.497 e. The Hall–Kier alpha value is -3.48. The van der Waals surface area contributed by atoms with Crippen molar-refractivity contribution in [2.45, 2.75) is 17.0 Å². The molecule has 0 spiro atoms. The van der Waals surface area contributed by atoms with Crippen LogP contribution in [0.1, 0.15) is 11.6 Å². The monoisotopic (exact) mass is 464 g/mol. The molecule has 0 aromatic heterocycles. The van der Waals surface area contributed by atoms with Gasteiger partial charge in [0.2, 0.25) is 11.8 Å². The maximum Gasteiger partial charge on any atom is 0.266 e. The van der Waals surface area contributed by atoms with Gasteiger partial charge in [-0.05, 0) is 29.8 Å². The van der Waals surface area contributed by atoms with E-state index in [1.54, 1.807) is 30.3 Å². The number of ether oxygens (including phenoxy) is 1. The van der Waals surface area contributed by atoms with E-state index >= 15 is 0 Å². The van der Waals surface area contributed by atoms with Gasteiger partial charge in [-0.25, -0.2) is 13.9 Å². The molecule has 0 aliphatic heterocycles. The van der Waals surface area contributed by atoms with Gasteiger partial charge in [0.25, 0.3) is 5.91 Å². The molecule has 2 aromatic carbocycles. The molecular formula is C20H24N4O7S. The molecule has 11 nitrogen and oxygen atoms in total. The van der Waals surface area contributed by atoms with Crippen molar-refractivity contribution in [3.05, 3.63) is 60.2 Å². The molecule has 3 amide bonds. The second-order valence-electron chi connectivity index (χ2n) is 6.66. The third-order valence-corrected chi connectivity index (χ3v) is 6.19. The third-order valence-electron chi connectivity index (χ3n) is 4.43. The van der Waals surface area contributed by atoms with Crippen LogP contribution in [-0.2, 0) is 24.2 Å². The molecule has 0 fully saturated rings. The first-order valence-electron chi connectivity index (χ1n) is 9.36. The summed E-state index contributed by atoms with van der Waals surface area (Å²) in [6.45, 7) is -0.558. The zero-order valence-corrected chi connectivity index (χ0v) is 18.0. The number of nitrogens with one attached hydrogen (secondary N) is 3. The highest BCUT2D eigenvalue weighted by Gasteiger charge is 2.28. The Morgan fingerprint density at radius 3 is 2.22 bits per heavy atom. The van der Waals surface area contributed by atoms with Gasteiger partial charge in [0, 0.05) is 0 Å². The second kappa shape index (κ2) is 11.2. The number of benzene rings is 2. The van der Waals surface area contributed by atoms with Crippen molar-refractivity contribution in [3.63, 3.8) is 0 Å². The van der Waals surface area contributed by atoms with E-state index in [0.717, 1.165) is 0 Å². The molecule has 0 saturated carbocycles. The molecule has 0 bridgehead atoms. The second-order valence-corrected chi connectivity index (χ2v) is 8.69. The summed E-state index contributed by atoms with van der Waals surface area (Å²) in [6.07, 6.45) is 0. The number of amides is 3. The van der Waals surface area contributed by atoms with Gasteiger partial charge < -0.3 is 21.1 Å². The summed E-state index contributed by atoms with van der Waals surface area (Å²) in [5.41, 5.74) is 7.69. The van der Waals surface area contributed by atoms with Crippen LogP contribution in [0.15, 0.2) is 59.5 Å². The van der Waals surface area contributed by atoms with Gasteiger partial charge in [-0.3, -0.25) is 19.6 Å². The summed E-state index contributed by atoms with van der Waals surface area (Å²) in [6, 6.07) is 11.3. The average Bonchev–Trinajstić information content (AvgIpc) is 2.81. The van der Waals surface area contributed by atoms with Crippen molar-refractivity contribution >= 4 is 27.6 Å². The molecule has 2 atom stereocenters. The first-order valence-corrected chi connectivity index (χ1v) is 11.0. The molecule has 172 valence electrons. The lowest BCUT2D eigenvalue weighted by Gasteiger charge is -2.18. The number of sulfone groups is 1. The SMILES string of the molecule is COc1ccc(S(=O)(=O)CC(NC(=O)CNC(=O)C(N)c2ccccc2)C(=O)NO)cc1. The van der Waals surface area contributed by atoms with Crippen LogP contribution in [0.25, 0.3) is 0 Å². The highest BCUT2D eigenvalue weighted by Crippen LogP contribution is 2.17. The minimum atomic E-state index is -4.02. The van der Waals surface area contributed by atoms with Crippen molar-refractivity contribution < 1.29 is 32.7 Å².